The van der Waals surface area contributed by atoms with Crippen LogP contribution in [0.3, 0.4) is 0 Å². The van der Waals surface area contributed by atoms with Crippen molar-refractivity contribution in [2.75, 3.05) is 19.6 Å². The maximum atomic E-state index is 12.6. The van der Waals surface area contributed by atoms with Gasteiger partial charge >= 0.3 is 0 Å². The Morgan fingerprint density at radius 1 is 1.25 bits per heavy atom. The maximum Gasteiger partial charge on any atom is 0.283 e. The zero-order chi connectivity index (χ0) is 16.5. The van der Waals surface area contributed by atoms with Crippen LogP contribution in [0.1, 0.15) is 18.4 Å². The summed E-state index contributed by atoms with van der Waals surface area (Å²) in [6.07, 6.45) is 4.19. The first-order valence-electron chi connectivity index (χ1n) is 8.44. The van der Waals surface area contributed by atoms with Crippen molar-refractivity contribution < 1.29 is 4.90 Å². The molecule has 4 rings (SSSR count). The summed E-state index contributed by atoms with van der Waals surface area (Å²) < 4.78 is 3.28. The number of hydrogen-bond donors (Lipinski definition) is 1. The predicted octanol–water partition coefficient (Wildman–Crippen LogP) is -0.0357. The van der Waals surface area contributed by atoms with Gasteiger partial charge in [0, 0.05) is 12.8 Å². The Hall–Kier alpha value is -2.54. The molecule has 1 aliphatic rings. The van der Waals surface area contributed by atoms with Crippen molar-refractivity contribution in [3.8, 4) is 5.69 Å². The molecule has 0 bridgehead atoms. The molecule has 0 saturated carbocycles. The molecule has 1 aromatic carbocycles. The fourth-order valence-electron chi connectivity index (χ4n) is 3.34. The summed E-state index contributed by atoms with van der Waals surface area (Å²) in [7, 11) is 0. The normalized spacial score (nSPS) is 15.4. The molecule has 1 saturated heterocycles. The molecule has 3 aromatic rings. The van der Waals surface area contributed by atoms with E-state index in [4.69, 9.17) is 0 Å². The minimum absolute atomic E-state index is 0.113. The molecule has 0 spiro atoms. The standard InChI is InChI=1S/C17H20N6O/c1-13-5-4-6-14(11-13)23-16-15(19-20-23)17(24)22(12-18-16)10-9-21-7-2-3-8-21/h4-6,11-12H,2-3,7-10H2,1H3/p+1. The van der Waals surface area contributed by atoms with E-state index in [0.29, 0.717) is 17.7 Å². The average molecular weight is 325 g/mol. The van der Waals surface area contributed by atoms with E-state index in [-0.39, 0.29) is 5.56 Å². The summed E-state index contributed by atoms with van der Waals surface area (Å²) >= 11 is 0. The lowest BCUT2D eigenvalue weighted by molar-refractivity contribution is -0.888. The van der Waals surface area contributed by atoms with Crippen LogP contribution in [-0.2, 0) is 6.54 Å². The van der Waals surface area contributed by atoms with E-state index in [9.17, 15) is 4.79 Å². The van der Waals surface area contributed by atoms with Crippen molar-refractivity contribution in [3.63, 3.8) is 0 Å². The molecule has 0 atom stereocenters. The average Bonchev–Trinajstić information content (AvgIpc) is 3.24. The van der Waals surface area contributed by atoms with Gasteiger partial charge in [0.2, 0.25) is 0 Å². The zero-order valence-corrected chi connectivity index (χ0v) is 13.8. The SMILES string of the molecule is Cc1cccc(-n2nnc3c(=O)n(CC[NH+]4CCCC4)cnc32)c1. The predicted molar refractivity (Wildman–Crippen MR) is 90.5 cm³/mol. The summed E-state index contributed by atoms with van der Waals surface area (Å²) in [4.78, 5) is 18.6. The summed E-state index contributed by atoms with van der Waals surface area (Å²) in [5.74, 6) is 0. The second kappa shape index (κ2) is 6.16. The second-order valence-corrected chi connectivity index (χ2v) is 6.46. The molecule has 124 valence electrons. The molecule has 0 amide bonds. The van der Waals surface area contributed by atoms with Gasteiger partial charge in [-0.2, -0.15) is 4.68 Å². The largest absolute Gasteiger partial charge is 0.333 e. The quantitative estimate of drug-likeness (QED) is 0.731. The Labute approximate surface area is 139 Å². The molecule has 1 N–H and O–H groups in total. The highest BCUT2D eigenvalue weighted by molar-refractivity contribution is 5.70. The van der Waals surface area contributed by atoms with Crippen molar-refractivity contribution in [1.29, 1.82) is 0 Å². The van der Waals surface area contributed by atoms with Crippen molar-refractivity contribution in [2.24, 2.45) is 0 Å². The van der Waals surface area contributed by atoms with Crippen molar-refractivity contribution in [2.45, 2.75) is 26.3 Å². The van der Waals surface area contributed by atoms with Crippen LogP contribution in [0.15, 0.2) is 35.4 Å². The maximum absolute atomic E-state index is 12.6. The van der Waals surface area contributed by atoms with Gasteiger partial charge in [0.1, 0.15) is 6.33 Å². The first-order chi connectivity index (χ1) is 11.7. The summed E-state index contributed by atoms with van der Waals surface area (Å²) in [6.45, 7) is 6.05. The van der Waals surface area contributed by atoms with E-state index in [1.54, 1.807) is 20.5 Å². The van der Waals surface area contributed by atoms with Gasteiger partial charge in [-0.15, -0.1) is 5.10 Å². The van der Waals surface area contributed by atoms with Crippen LogP contribution < -0.4 is 10.5 Å². The minimum atomic E-state index is -0.113. The Kier molecular flexibility index (Phi) is 3.86. The molecule has 0 unspecified atom stereocenters. The van der Waals surface area contributed by atoms with Gasteiger partial charge in [-0.05, 0) is 24.6 Å². The molecule has 24 heavy (non-hydrogen) atoms. The number of aromatic nitrogens is 5. The third-order valence-corrected chi connectivity index (χ3v) is 4.69. The summed E-state index contributed by atoms with van der Waals surface area (Å²) in [5, 5.41) is 8.21. The minimum Gasteiger partial charge on any atom is -0.333 e. The van der Waals surface area contributed by atoms with Crippen LogP contribution in [0.4, 0.5) is 0 Å². The fraction of sp³-hybridized carbons (Fsp3) is 0.412. The summed E-state index contributed by atoms with van der Waals surface area (Å²) in [6, 6.07) is 7.91. The number of fused-ring (bicyclic) bond motifs is 1. The smallest absolute Gasteiger partial charge is 0.283 e. The number of likely N-dealkylation sites (tertiary alicyclic amines) is 1. The Bertz CT molecular complexity index is 922. The lowest BCUT2D eigenvalue weighted by Gasteiger charge is -2.12. The van der Waals surface area contributed by atoms with Crippen molar-refractivity contribution >= 4 is 11.2 Å². The van der Waals surface area contributed by atoms with Gasteiger partial charge in [-0.3, -0.25) is 9.36 Å². The molecule has 1 aliphatic heterocycles. The first-order valence-corrected chi connectivity index (χ1v) is 8.44. The monoisotopic (exact) mass is 325 g/mol. The summed E-state index contributed by atoms with van der Waals surface area (Å²) in [5.41, 5.74) is 2.71. The van der Waals surface area contributed by atoms with Gasteiger partial charge in [-0.25, -0.2) is 4.98 Å². The van der Waals surface area contributed by atoms with Gasteiger partial charge in [0.15, 0.2) is 11.2 Å². The van der Waals surface area contributed by atoms with Crippen molar-refractivity contribution in [1.82, 2.24) is 24.5 Å². The lowest BCUT2D eigenvalue weighted by atomic mass is 10.2. The highest BCUT2D eigenvalue weighted by Crippen LogP contribution is 2.13. The molecule has 0 radical (unpaired) electrons. The van der Waals surface area contributed by atoms with E-state index in [1.165, 1.54) is 25.9 Å². The zero-order valence-electron chi connectivity index (χ0n) is 13.8. The van der Waals surface area contributed by atoms with Crippen LogP contribution in [0.2, 0.25) is 0 Å². The van der Waals surface area contributed by atoms with E-state index in [1.807, 2.05) is 31.2 Å². The van der Waals surface area contributed by atoms with Crippen LogP contribution in [0, 0.1) is 6.92 Å². The number of benzene rings is 1. The third-order valence-electron chi connectivity index (χ3n) is 4.69. The highest BCUT2D eigenvalue weighted by atomic mass is 16.1. The molecule has 7 nitrogen and oxygen atoms in total. The van der Waals surface area contributed by atoms with Crippen LogP contribution in [0.5, 0.6) is 0 Å². The van der Waals surface area contributed by atoms with Crippen LogP contribution in [-0.4, -0.2) is 44.2 Å². The Morgan fingerprint density at radius 2 is 2.08 bits per heavy atom. The van der Waals surface area contributed by atoms with E-state index >= 15 is 0 Å². The van der Waals surface area contributed by atoms with Gasteiger partial charge in [0.05, 0.1) is 31.9 Å². The van der Waals surface area contributed by atoms with Crippen LogP contribution in [0.25, 0.3) is 16.9 Å². The molecule has 7 heteroatoms. The number of rotatable bonds is 4. The molecular weight excluding hydrogens is 304 g/mol. The third kappa shape index (κ3) is 2.71. The Balaban J connectivity index is 1.66. The number of nitrogens with zero attached hydrogens (tertiary/aromatic N) is 5. The van der Waals surface area contributed by atoms with E-state index in [0.717, 1.165) is 17.8 Å². The van der Waals surface area contributed by atoms with E-state index < -0.39 is 0 Å². The Morgan fingerprint density at radius 3 is 2.88 bits per heavy atom. The first kappa shape index (κ1) is 15.0. The second-order valence-electron chi connectivity index (χ2n) is 6.46. The number of quaternary nitrogens is 1. The number of hydrogen-bond acceptors (Lipinski definition) is 4. The van der Waals surface area contributed by atoms with E-state index in [2.05, 4.69) is 15.3 Å². The molecular formula is C17H21N6O+. The molecule has 3 heterocycles. The number of aryl methyl sites for hydroxylation is 1. The molecule has 2 aromatic heterocycles. The number of nitrogens with one attached hydrogen (secondary N) is 1. The topological polar surface area (TPSA) is 70.0 Å². The van der Waals surface area contributed by atoms with Crippen molar-refractivity contribution in [3.05, 3.63) is 46.5 Å². The van der Waals surface area contributed by atoms with Crippen LogP contribution >= 0.6 is 0 Å². The molecule has 1 fully saturated rings. The fourth-order valence-corrected chi connectivity index (χ4v) is 3.34. The lowest BCUT2D eigenvalue weighted by Crippen LogP contribution is -3.10. The molecule has 0 aliphatic carbocycles. The van der Waals surface area contributed by atoms with Gasteiger partial charge < -0.3 is 4.90 Å². The van der Waals surface area contributed by atoms with Gasteiger partial charge in [-0.1, -0.05) is 17.3 Å². The van der Waals surface area contributed by atoms with Gasteiger partial charge in [0.25, 0.3) is 5.56 Å². The highest BCUT2D eigenvalue weighted by Gasteiger charge is 2.17.